The van der Waals surface area contributed by atoms with Crippen molar-refractivity contribution in [1.29, 1.82) is 0 Å². The second-order valence-corrected chi connectivity index (χ2v) is 7.07. The van der Waals surface area contributed by atoms with Crippen molar-refractivity contribution in [3.8, 4) is 0 Å². The molecule has 0 N–H and O–H groups in total. The third-order valence-corrected chi connectivity index (χ3v) is 5.06. The lowest BCUT2D eigenvalue weighted by Crippen LogP contribution is -2.37. The number of carbonyl (C=O) groups excluding carboxylic acids is 1. The number of rotatable bonds is 2. The van der Waals surface area contributed by atoms with E-state index in [1.807, 2.05) is 30.3 Å². The first-order valence-electron chi connectivity index (χ1n) is 5.98. The molecule has 1 aromatic carbocycles. The normalized spacial score (nSPS) is 25.5. The molecular weight excluding hydrogens is 232 g/mol. The van der Waals surface area contributed by atoms with Crippen molar-refractivity contribution in [1.82, 2.24) is 0 Å². The zero-order valence-electron chi connectivity index (χ0n) is 10.3. The lowest BCUT2D eigenvalue weighted by molar-refractivity contribution is -0.121. The summed E-state index contributed by atoms with van der Waals surface area (Å²) >= 11 is 0. The van der Waals surface area contributed by atoms with Gasteiger partial charge in [-0.1, -0.05) is 32.0 Å². The van der Waals surface area contributed by atoms with Gasteiger partial charge in [-0.2, -0.15) is 0 Å². The quantitative estimate of drug-likeness (QED) is 0.808. The number of benzene rings is 1. The fourth-order valence-electron chi connectivity index (χ4n) is 2.25. The molecule has 1 fully saturated rings. The topological polar surface area (TPSA) is 34.1 Å². The van der Waals surface area contributed by atoms with Gasteiger partial charge in [0.15, 0.2) is 0 Å². The molecule has 0 saturated heterocycles. The van der Waals surface area contributed by atoms with Gasteiger partial charge in [-0.25, -0.2) is 0 Å². The van der Waals surface area contributed by atoms with Crippen LogP contribution in [0.4, 0.5) is 0 Å². The molecule has 0 aromatic heterocycles. The van der Waals surface area contributed by atoms with Gasteiger partial charge in [-0.3, -0.25) is 9.00 Å². The lowest BCUT2D eigenvalue weighted by Gasteiger charge is -2.33. The Hall–Kier alpha value is -0.960. The maximum atomic E-state index is 12.4. The molecule has 2 nitrogen and oxygen atoms in total. The first kappa shape index (κ1) is 12.5. The summed E-state index contributed by atoms with van der Waals surface area (Å²) in [5, 5.41) is -0.318. The van der Waals surface area contributed by atoms with Crippen LogP contribution in [-0.4, -0.2) is 15.2 Å². The number of ketones is 1. The Bertz CT molecular complexity index is 437. The van der Waals surface area contributed by atoms with Gasteiger partial charge >= 0.3 is 0 Å². The van der Waals surface area contributed by atoms with Crippen LogP contribution in [0.5, 0.6) is 0 Å². The van der Waals surface area contributed by atoms with Crippen LogP contribution in [0.3, 0.4) is 0 Å². The molecule has 2 atom stereocenters. The fourth-order valence-corrected chi connectivity index (χ4v) is 3.97. The molecule has 0 heterocycles. The highest BCUT2D eigenvalue weighted by Crippen LogP contribution is 2.36. The molecule has 0 radical (unpaired) electrons. The molecule has 0 spiro atoms. The van der Waals surface area contributed by atoms with E-state index in [2.05, 4.69) is 13.8 Å². The summed E-state index contributed by atoms with van der Waals surface area (Å²) in [6.45, 7) is 4.29. The Morgan fingerprint density at radius 3 is 2.53 bits per heavy atom. The van der Waals surface area contributed by atoms with Crippen LogP contribution in [0.1, 0.15) is 33.1 Å². The van der Waals surface area contributed by atoms with Crippen molar-refractivity contribution in [2.45, 2.75) is 43.3 Å². The van der Waals surface area contributed by atoms with Gasteiger partial charge in [0, 0.05) is 11.3 Å². The third kappa shape index (κ3) is 2.83. The zero-order valence-corrected chi connectivity index (χ0v) is 11.1. The van der Waals surface area contributed by atoms with Gasteiger partial charge in [-0.05, 0) is 30.4 Å². The van der Waals surface area contributed by atoms with Crippen LogP contribution in [0, 0.1) is 5.41 Å². The molecule has 1 saturated carbocycles. The predicted molar refractivity (Wildman–Crippen MR) is 69.3 cm³/mol. The van der Waals surface area contributed by atoms with Crippen molar-refractivity contribution in [3.63, 3.8) is 0 Å². The van der Waals surface area contributed by atoms with Crippen LogP contribution in [0.2, 0.25) is 0 Å². The van der Waals surface area contributed by atoms with E-state index in [9.17, 15) is 9.00 Å². The van der Waals surface area contributed by atoms with Gasteiger partial charge in [-0.15, -0.1) is 0 Å². The summed E-state index contributed by atoms with van der Waals surface area (Å²) in [5.41, 5.74) is 0.128. The third-order valence-electron chi connectivity index (χ3n) is 3.38. The summed E-state index contributed by atoms with van der Waals surface area (Å²) in [6.07, 6.45) is 2.21. The summed E-state index contributed by atoms with van der Waals surface area (Å²) < 4.78 is 12.4. The molecule has 1 aliphatic rings. The highest BCUT2D eigenvalue weighted by atomic mass is 32.2. The minimum absolute atomic E-state index is 0.128. The van der Waals surface area contributed by atoms with Gasteiger partial charge in [0.05, 0.1) is 16.0 Å². The van der Waals surface area contributed by atoms with E-state index in [-0.39, 0.29) is 16.4 Å². The molecule has 0 amide bonds. The number of hydrogen-bond acceptors (Lipinski definition) is 2. The molecule has 2 rings (SSSR count). The Balaban J connectivity index is 2.21. The lowest BCUT2D eigenvalue weighted by atomic mass is 9.77. The molecular formula is C14H18O2S. The molecule has 1 aromatic rings. The maximum absolute atomic E-state index is 12.4. The second kappa shape index (κ2) is 4.73. The highest BCUT2D eigenvalue weighted by molar-refractivity contribution is 7.86. The van der Waals surface area contributed by atoms with E-state index in [0.29, 0.717) is 6.42 Å². The van der Waals surface area contributed by atoms with Crippen LogP contribution < -0.4 is 0 Å². The van der Waals surface area contributed by atoms with Gasteiger partial charge in [0.1, 0.15) is 5.78 Å². The summed E-state index contributed by atoms with van der Waals surface area (Å²) in [6, 6.07) is 9.31. The first-order valence-corrected chi connectivity index (χ1v) is 7.19. The SMILES string of the molecule is CC1(C)CCC(=O)[C@@H](S(=O)c2ccccc2)C1. The predicted octanol–water partition coefficient (Wildman–Crippen LogP) is 2.94. The summed E-state index contributed by atoms with van der Waals surface area (Å²) in [7, 11) is -1.20. The largest absolute Gasteiger partial charge is 0.298 e. The van der Waals surface area contributed by atoms with Crippen molar-refractivity contribution < 1.29 is 9.00 Å². The van der Waals surface area contributed by atoms with Crippen LogP contribution in [0.15, 0.2) is 35.2 Å². The van der Waals surface area contributed by atoms with E-state index in [1.165, 1.54) is 0 Å². The molecule has 17 heavy (non-hydrogen) atoms. The van der Waals surface area contributed by atoms with Crippen LogP contribution in [-0.2, 0) is 15.6 Å². The van der Waals surface area contributed by atoms with Crippen molar-refractivity contribution in [3.05, 3.63) is 30.3 Å². The highest BCUT2D eigenvalue weighted by Gasteiger charge is 2.37. The molecule has 3 heteroatoms. The van der Waals surface area contributed by atoms with E-state index in [0.717, 1.165) is 17.7 Å². The molecule has 92 valence electrons. The van der Waals surface area contributed by atoms with E-state index in [4.69, 9.17) is 0 Å². The van der Waals surface area contributed by atoms with Crippen molar-refractivity contribution in [2.75, 3.05) is 0 Å². The van der Waals surface area contributed by atoms with Gasteiger partial charge in [0.25, 0.3) is 0 Å². The minimum Gasteiger partial charge on any atom is -0.298 e. The van der Waals surface area contributed by atoms with Crippen LogP contribution >= 0.6 is 0 Å². The van der Waals surface area contributed by atoms with Gasteiger partial charge < -0.3 is 0 Å². The Morgan fingerprint density at radius 1 is 1.24 bits per heavy atom. The Labute approximate surface area is 105 Å². The molecule has 1 aliphatic carbocycles. The standard InChI is InChI=1S/C14H18O2S/c1-14(2)9-8-12(15)13(10-14)17(16)11-6-4-3-5-7-11/h3-7,13H,8-10H2,1-2H3/t13-,17?/m0/s1. The summed E-state index contributed by atoms with van der Waals surface area (Å²) in [5.74, 6) is 0.159. The number of hydrogen-bond donors (Lipinski definition) is 0. The van der Waals surface area contributed by atoms with Crippen molar-refractivity contribution in [2.24, 2.45) is 5.41 Å². The van der Waals surface area contributed by atoms with Crippen molar-refractivity contribution >= 4 is 16.6 Å². The molecule has 1 unspecified atom stereocenters. The number of carbonyl (C=O) groups is 1. The Morgan fingerprint density at radius 2 is 1.88 bits per heavy atom. The van der Waals surface area contributed by atoms with E-state index < -0.39 is 10.8 Å². The Kier molecular flexibility index (Phi) is 3.48. The fraction of sp³-hybridized carbons (Fsp3) is 0.500. The average molecular weight is 250 g/mol. The molecule has 0 aliphatic heterocycles. The average Bonchev–Trinajstić information content (AvgIpc) is 2.33. The summed E-state index contributed by atoms with van der Waals surface area (Å²) in [4.78, 5) is 12.7. The maximum Gasteiger partial charge on any atom is 0.148 e. The minimum atomic E-state index is -1.20. The zero-order chi connectivity index (χ0) is 12.5. The molecule has 0 bridgehead atoms. The monoisotopic (exact) mass is 250 g/mol. The second-order valence-electron chi connectivity index (χ2n) is 5.43. The van der Waals surface area contributed by atoms with E-state index >= 15 is 0 Å². The first-order chi connectivity index (χ1) is 7.99. The van der Waals surface area contributed by atoms with E-state index in [1.54, 1.807) is 0 Å². The smallest absolute Gasteiger partial charge is 0.148 e. The van der Waals surface area contributed by atoms with Crippen LogP contribution in [0.25, 0.3) is 0 Å². The number of Topliss-reactive ketones (excluding diaryl/α,β-unsaturated/α-hetero) is 1. The van der Waals surface area contributed by atoms with Gasteiger partial charge in [0.2, 0.25) is 0 Å².